The fourth-order valence-electron chi connectivity index (χ4n) is 4.22. The Labute approximate surface area is 169 Å². The lowest BCUT2D eigenvalue weighted by atomic mass is 9.98. The molecule has 0 saturated carbocycles. The average Bonchev–Trinajstić information content (AvgIpc) is 3.32. The smallest absolute Gasteiger partial charge is 0.0931 e. The van der Waals surface area contributed by atoms with Crippen molar-refractivity contribution in [2.24, 2.45) is 0 Å². The molecule has 3 aromatic carbocycles. The number of aromatic amines is 1. The highest BCUT2D eigenvalue weighted by Gasteiger charge is 2.20. The van der Waals surface area contributed by atoms with E-state index in [1.807, 2.05) is 0 Å². The van der Waals surface area contributed by atoms with E-state index in [0.29, 0.717) is 6.04 Å². The third kappa shape index (κ3) is 3.21. The number of hydrogen-bond donors (Lipinski definition) is 2. The van der Waals surface area contributed by atoms with Gasteiger partial charge in [-0.2, -0.15) is 0 Å². The number of aromatic nitrogens is 2. The number of fused-ring (bicyclic) bond motifs is 2. The van der Waals surface area contributed by atoms with Gasteiger partial charge in [0, 0.05) is 17.6 Å². The number of nitrogens with one attached hydrogen (secondary N) is 2. The molecule has 0 saturated heterocycles. The molecular formula is C24H22ClN3. The van der Waals surface area contributed by atoms with Crippen LogP contribution in [-0.4, -0.2) is 16.0 Å². The molecule has 0 bridgehead atoms. The van der Waals surface area contributed by atoms with Gasteiger partial charge in [-0.3, -0.25) is 0 Å². The molecule has 1 aliphatic carbocycles. The summed E-state index contributed by atoms with van der Waals surface area (Å²) in [5, 5.41) is 4.49. The largest absolute Gasteiger partial charge is 0.345 e. The number of rotatable bonds is 4. The van der Waals surface area contributed by atoms with E-state index in [1.54, 1.807) is 6.33 Å². The lowest BCUT2D eigenvalue weighted by molar-refractivity contribution is 0.533. The Bertz CT molecular complexity index is 1140. The van der Waals surface area contributed by atoms with Crippen LogP contribution in [0.15, 0.2) is 60.9 Å². The van der Waals surface area contributed by atoms with Crippen molar-refractivity contribution >= 4 is 22.6 Å². The van der Waals surface area contributed by atoms with Crippen LogP contribution in [0.4, 0.5) is 0 Å². The van der Waals surface area contributed by atoms with Crippen LogP contribution in [0, 0.1) is 6.92 Å². The highest BCUT2D eigenvalue weighted by atomic mass is 35.5. The van der Waals surface area contributed by atoms with Gasteiger partial charge in [0.05, 0.1) is 17.4 Å². The van der Waals surface area contributed by atoms with Crippen LogP contribution in [0.25, 0.3) is 22.2 Å². The van der Waals surface area contributed by atoms with E-state index in [0.717, 1.165) is 46.6 Å². The summed E-state index contributed by atoms with van der Waals surface area (Å²) in [4.78, 5) is 7.54. The molecule has 2 N–H and O–H groups in total. The van der Waals surface area contributed by atoms with Crippen molar-refractivity contribution in [1.82, 2.24) is 15.3 Å². The molecule has 140 valence electrons. The number of benzene rings is 3. The lowest BCUT2D eigenvalue weighted by Gasteiger charge is -2.14. The maximum Gasteiger partial charge on any atom is 0.0931 e. The molecule has 28 heavy (non-hydrogen) atoms. The van der Waals surface area contributed by atoms with Gasteiger partial charge in [-0.05, 0) is 71.3 Å². The van der Waals surface area contributed by atoms with Crippen LogP contribution in [-0.2, 0) is 19.4 Å². The summed E-state index contributed by atoms with van der Waals surface area (Å²) in [6.45, 7) is 2.91. The number of H-pyrrole nitrogens is 1. The molecule has 0 spiro atoms. The second-order valence-corrected chi connectivity index (χ2v) is 8.05. The number of halogens is 1. The molecule has 0 amide bonds. The van der Waals surface area contributed by atoms with Gasteiger partial charge >= 0.3 is 0 Å². The highest BCUT2D eigenvalue weighted by molar-refractivity contribution is 6.31. The quantitative estimate of drug-likeness (QED) is 0.489. The first-order valence-electron chi connectivity index (χ1n) is 9.70. The SMILES string of the molecule is Cc1cc2[nH]cnc2cc1-c1ccc(CNC2Cc3ccccc3C2)c(Cl)c1. The molecule has 1 aromatic heterocycles. The van der Waals surface area contributed by atoms with Gasteiger partial charge in [-0.15, -0.1) is 0 Å². The molecule has 0 atom stereocenters. The topological polar surface area (TPSA) is 40.7 Å². The number of imidazole rings is 1. The van der Waals surface area contributed by atoms with Crippen molar-refractivity contribution in [3.8, 4) is 11.1 Å². The van der Waals surface area contributed by atoms with E-state index in [-0.39, 0.29) is 0 Å². The number of nitrogens with zero attached hydrogens (tertiary/aromatic N) is 1. The first-order valence-corrected chi connectivity index (χ1v) is 10.1. The Kier molecular flexibility index (Phi) is 4.42. The van der Waals surface area contributed by atoms with E-state index in [9.17, 15) is 0 Å². The lowest BCUT2D eigenvalue weighted by Crippen LogP contribution is -2.29. The van der Waals surface area contributed by atoms with Gasteiger partial charge in [0.2, 0.25) is 0 Å². The summed E-state index contributed by atoms with van der Waals surface area (Å²) in [5.41, 5.74) is 9.62. The van der Waals surface area contributed by atoms with Gasteiger partial charge in [-0.1, -0.05) is 48.0 Å². The molecule has 5 rings (SSSR count). The first kappa shape index (κ1) is 17.5. The van der Waals surface area contributed by atoms with E-state index < -0.39 is 0 Å². The summed E-state index contributed by atoms with van der Waals surface area (Å²) in [5.74, 6) is 0. The van der Waals surface area contributed by atoms with E-state index in [1.165, 1.54) is 22.3 Å². The minimum absolute atomic E-state index is 0.484. The Morgan fingerprint density at radius 3 is 2.61 bits per heavy atom. The molecule has 0 radical (unpaired) electrons. The first-order chi connectivity index (χ1) is 13.7. The molecule has 0 unspecified atom stereocenters. The summed E-state index contributed by atoms with van der Waals surface area (Å²) in [6, 6.07) is 19.8. The average molecular weight is 388 g/mol. The van der Waals surface area contributed by atoms with Crippen molar-refractivity contribution in [3.63, 3.8) is 0 Å². The molecule has 1 heterocycles. The van der Waals surface area contributed by atoms with Crippen molar-refractivity contribution < 1.29 is 0 Å². The molecule has 0 fully saturated rings. The molecular weight excluding hydrogens is 366 g/mol. The van der Waals surface area contributed by atoms with Gasteiger partial charge < -0.3 is 10.3 Å². The van der Waals surface area contributed by atoms with Crippen molar-refractivity contribution in [2.75, 3.05) is 0 Å². The standard InChI is InChI=1S/C24H22ClN3/c1-15-8-23-24(28-14-27-23)12-21(15)18-6-7-19(22(25)11-18)13-26-20-9-16-4-2-3-5-17(16)10-20/h2-8,11-12,14,20,26H,9-10,13H2,1H3,(H,27,28). The van der Waals surface area contributed by atoms with Gasteiger partial charge in [0.15, 0.2) is 0 Å². The van der Waals surface area contributed by atoms with Gasteiger partial charge in [-0.25, -0.2) is 4.98 Å². The molecule has 1 aliphatic rings. The zero-order valence-electron chi connectivity index (χ0n) is 15.8. The zero-order valence-corrected chi connectivity index (χ0v) is 16.6. The molecule has 3 nitrogen and oxygen atoms in total. The maximum atomic E-state index is 6.64. The highest BCUT2D eigenvalue weighted by Crippen LogP contribution is 2.30. The second-order valence-electron chi connectivity index (χ2n) is 7.65. The fourth-order valence-corrected chi connectivity index (χ4v) is 4.46. The van der Waals surface area contributed by atoms with Crippen molar-refractivity contribution in [1.29, 1.82) is 0 Å². The summed E-state index contributed by atoms with van der Waals surface area (Å²) in [7, 11) is 0. The molecule has 4 aromatic rings. The van der Waals surface area contributed by atoms with Crippen LogP contribution < -0.4 is 5.32 Å². The fraction of sp³-hybridized carbons (Fsp3) is 0.208. The summed E-state index contributed by atoms with van der Waals surface area (Å²) in [6.07, 6.45) is 3.92. The third-order valence-electron chi connectivity index (χ3n) is 5.76. The Morgan fingerprint density at radius 1 is 1.07 bits per heavy atom. The van der Waals surface area contributed by atoms with Gasteiger partial charge in [0.1, 0.15) is 0 Å². The Balaban J connectivity index is 1.33. The van der Waals surface area contributed by atoms with Crippen LogP contribution >= 0.6 is 11.6 Å². The van der Waals surface area contributed by atoms with Crippen molar-refractivity contribution in [3.05, 3.63) is 88.2 Å². The van der Waals surface area contributed by atoms with Crippen molar-refractivity contribution in [2.45, 2.75) is 32.4 Å². The Morgan fingerprint density at radius 2 is 1.86 bits per heavy atom. The zero-order chi connectivity index (χ0) is 19.1. The predicted octanol–water partition coefficient (Wildman–Crippen LogP) is 5.45. The summed E-state index contributed by atoms with van der Waals surface area (Å²) >= 11 is 6.64. The minimum atomic E-state index is 0.484. The van der Waals surface area contributed by atoms with E-state index in [2.05, 4.69) is 76.8 Å². The van der Waals surface area contributed by atoms with Crippen LogP contribution in [0.1, 0.15) is 22.3 Å². The van der Waals surface area contributed by atoms with E-state index in [4.69, 9.17) is 11.6 Å². The minimum Gasteiger partial charge on any atom is -0.345 e. The predicted molar refractivity (Wildman–Crippen MR) is 116 cm³/mol. The van der Waals surface area contributed by atoms with Gasteiger partial charge in [0.25, 0.3) is 0 Å². The molecule has 4 heteroatoms. The maximum absolute atomic E-state index is 6.64. The third-order valence-corrected chi connectivity index (χ3v) is 6.11. The second kappa shape index (κ2) is 7.08. The van der Waals surface area contributed by atoms with Crippen LogP contribution in [0.3, 0.4) is 0 Å². The normalized spacial score (nSPS) is 13.9. The number of hydrogen-bond acceptors (Lipinski definition) is 2. The Hall–Kier alpha value is -2.62. The van der Waals surface area contributed by atoms with Crippen LogP contribution in [0.2, 0.25) is 5.02 Å². The summed E-state index contributed by atoms with van der Waals surface area (Å²) < 4.78 is 0. The monoisotopic (exact) mass is 387 g/mol. The molecule has 0 aliphatic heterocycles. The number of aryl methyl sites for hydroxylation is 1. The van der Waals surface area contributed by atoms with E-state index >= 15 is 0 Å². The van der Waals surface area contributed by atoms with Crippen LogP contribution in [0.5, 0.6) is 0 Å².